The first-order valence-corrected chi connectivity index (χ1v) is 7.88. The first kappa shape index (κ1) is 16.6. The molecule has 0 bridgehead atoms. The van der Waals surface area contributed by atoms with Crippen LogP contribution in [-0.2, 0) is 4.79 Å². The predicted molar refractivity (Wildman–Crippen MR) is 95.1 cm³/mol. The van der Waals surface area contributed by atoms with Gasteiger partial charge in [-0.3, -0.25) is 19.5 Å². The number of benzene rings is 1. The second-order valence-corrected chi connectivity index (χ2v) is 5.96. The zero-order chi connectivity index (χ0) is 18.0. The predicted octanol–water partition coefficient (Wildman–Crippen LogP) is 1.86. The summed E-state index contributed by atoms with van der Waals surface area (Å²) >= 11 is 0. The van der Waals surface area contributed by atoms with Crippen molar-refractivity contribution < 1.29 is 9.59 Å². The van der Waals surface area contributed by atoms with E-state index >= 15 is 0 Å². The lowest BCUT2D eigenvalue weighted by atomic mass is 10.0. The van der Waals surface area contributed by atoms with Crippen molar-refractivity contribution in [1.29, 1.82) is 0 Å². The molecule has 0 saturated heterocycles. The number of rotatable bonds is 3. The fourth-order valence-corrected chi connectivity index (χ4v) is 2.59. The van der Waals surface area contributed by atoms with Crippen LogP contribution in [0.1, 0.15) is 34.1 Å². The number of nitrogens with one attached hydrogen (secondary N) is 1. The maximum atomic E-state index is 12.3. The molecular weight excluding hydrogens is 318 g/mol. The largest absolute Gasteiger partial charge is 0.369 e. The molecule has 0 aliphatic carbocycles. The van der Waals surface area contributed by atoms with Gasteiger partial charge in [0.1, 0.15) is 5.69 Å². The number of hydrogen-bond acceptors (Lipinski definition) is 5. The van der Waals surface area contributed by atoms with Crippen LogP contribution < -0.4 is 11.1 Å². The number of aromatic nitrogens is 1. The maximum Gasteiger partial charge on any atom is 0.274 e. The Balaban J connectivity index is 1.80. The Labute approximate surface area is 145 Å². The molecule has 7 heteroatoms. The van der Waals surface area contributed by atoms with Crippen molar-refractivity contribution in [2.24, 2.45) is 10.7 Å². The molecule has 3 rings (SSSR count). The summed E-state index contributed by atoms with van der Waals surface area (Å²) in [6, 6.07) is 10.5. The molecule has 2 aromatic rings. The molecule has 1 atom stereocenters. The number of nitrogens with zero attached hydrogens (tertiary/aromatic N) is 3. The third-order valence-electron chi connectivity index (χ3n) is 4.05. The van der Waals surface area contributed by atoms with E-state index in [-0.39, 0.29) is 30.2 Å². The molecule has 0 spiro atoms. The van der Waals surface area contributed by atoms with Crippen molar-refractivity contribution in [2.45, 2.75) is 19.4 Å². The van der Waals surface area contributed by atoms with E-state index in [0.29, 0.717) is 11.4 Å². The Bertz CT molecular complexity index is 862. The minimum Gasteiger partial charge on any atom is -0.369 e. The second-order valence-electron chi connectivity index (χ2n) is 5.96. The average Bonchev–Trinajstić information content (AvgIpc) is 2.59. The molecule has 1 aliphatic heterocycles. The zero-order valence-electron chi connectivity index (χ0n) is 14.1. The van der Waals surface area contributed by atoms with Crippen LogP contribution in [0.5, 0.6) is 0 Å². The molecule has 2 amide bonds. The monoisotopic (exact) mass is 337 g/mol. The fraction of sp³-hybridized carbons (Fsp3) is 0.222. The minimum absolute atomic E-state index is 0.0871. The molecule has 3 N–H and O–H groups in total. The maximum absolute atomic E-state index is 12.3. The van der Waals surface area contributed by atoms with Crippen LogP contribution in [0.4, 0.5) is 5.69 Å². The van der Waals surface area contributed by atoms with E-state index in [4.69, 9.17) is 5.73 Å². The van der Waals surface area contributed by atoms with Crippen molar-refractivity contribution in [3.05, 3.63) is 59.4 Å². The lowest BCUT2D eigenvalue weighted by Gasteiger charge is -2.25. The van der Waals surface area contributed by atoms with Gasteiger partial charge >= 0.3 is 0 Å². The quantitative estimate of drug-likeness (QED) is 0.892. The van der Waals surface area contributed by atoms with Gasteiger partial charge in [0.25, 0.3) is 5.91 Å². The van der Waals surface area contributed by atoms with Crippen molar-refractivity contribution in [3.8, 4) is 0 Å². The summed E-state index contributed by atoms with van der Waals surface area (Å²) < 4.78 is 0. The highest BCUT2D eigenvalue weighted by Crippen LogP contribution is 2.27. The summed E-state index contributed by atoms with van der Waals surface area (Å²) in [5, 5.41) is 2.82. The highest BCUT2D eigenvalue weighted by atomic mass is 16.2. The summed E-state index contributed by atoms with van der Waals surface area (Å²) in [4.78, 5) is 34.0. The molecule has 7 nitrogen and oxygen atoms in total. The van der Waals surface area contributed by atoms with Crippen molar-refractivity contribution in [2.75, 3.05) is 12.4 Å². The topological polar surface area (TPSA) is 101 Å². The molecule has 0 saturated carbocycles. The number of amides is 2. The first-order chi connectivity index (χ1) is 11.9. The third kappa shape index (κ3) is 3.65. The van der Waals surface area contributed by atoms with Crippen molar-refractivity contribution >= 4 is 23.5 Å². The van der Waals surface area contributed by atoms with Gasteiger partial charge in [0, 0.05) is 18.9 Å². The Morgan fingerprint density at radius 1 is 1.32 bits per heavy atom. The standard InChI is InChI=1S/C18H19N5O2/c1-11-6-7-20-15(8-11)17(25)21-13-5-3-4-12(9-13)14-10-16(24)23(2)18(19)22-14/h3-9,14H,10H2,1-2H3,(H2,19,22)(H,21,25). The molecule has 2 heterocycles. The second kappa shape index (κ2) is 6.72. The summed E-state index contributed by atoms with van der Waals surface area (Å²) in [5.74, 6) is -0.182. The number of carbonyl (C=O) groups excluding carboxylic acids is 2. The Kier molecular flexibility index (Phi) is 4.47. The highest BCUT2D eigenvalue weighted by molar-refractivity contribution is 6.03. The molecule has 25 heavy (non-hydrogen) atoms. The Hall–Kier alpha value is -3.22. The molecule has 1 unspecified atom stereocenters. The van der Waals surface area contributed by atoms with Crippen LogP contribution in [0, 0.1) is 6.92 Å². The van der Waals surface area contributed by atoms with E-state index in [1.54, 1.807) is 31.4 Å². The van der Waals surface area contributed by atoms with Crippen molar-refractivity contribution in [3.63, 3.8) is 0 Å². The van der Waals surface area contributed by atoms with E-state index < -0.39 is 0 Å². The minimum atomic E-state index is -0.349. The van der Waals surface area contributed by atoms with Crippen LogP contribution in [-0.4, -0.2) is 34.7 Å². The van der Waals surface area contributed by atoms with Gasteiger partial charge in [-0.2, -0.15) is 0 Å². The molecule has 0 radical (unpaired) electrons. The van der Waals surface area contributed by atoms with Crippen LogP contribution in [0.25, 0.3) is 0 Å². The number of hydrogen-bond donors (Lipinski definition) is 2. The van der Waals surface area contributed by atoms with E-state index in [1.807, 2.05) is 25.1 Å². The van der Waals surface area contributed by atoms with Gasteiger partial charge < -0.3 is 11.1 Å². The molecule has 1 aromatic carbocycles. The smallest absolute Gasteiger partial charge is 0.274 e. The van der Waals surface area contributed by atoms with Crippen molar-refractivity contribution in [1.82, 2.24) is 9.88 Å². The SMILES string of the molecule is Cc1ccnc(C(=O)Nc2cccc(C3CC(=O)N(C)C(N)=N3)c2)c1. The average molecular weight is 337 g/mol. The summed E-state index contributed by atoms with van der Waals surface area (Å²) in [5.41, 5.74) is 8.53. The van der Waals surface area contributed by atoms with Gasteiger partial charge in [0.15, 0.2) is 5.96 Å². The number of aliphatic imine (C=N–C) groups is 1. The lowest BCUT2D eigenvalue weighted by molar-refractivity contribution is -0.127. The fourth-order valence-electron chi connectivity index (χ4n) is 2.59. The van der Waals surface area contributed by atoms with Crippen LogP contribution in [0.3, 0.4) is 0 Å². The Morgan fingerprint density at radius 3 is 2.84 bits per heavy atom. The van der Waals surface area contributed by atoms with E-state index in [0.717, 1.165) is 11.1 Å². The van der Waals surface area contributed by atoms with Gasteiger partial charge in [-0.25, -0.2) is 4.99 Å². The normalized spacial score (nSPS) is 17.2. The van der Waals surface area contributed by atoms with Crippen LogP contribution >= 0.6 is 0 Å². The molecule has 1 aromatic heterocycles. The van der Waals surface area contributed by atoms with E-state index in [2.05, 4.69) is 15.3 Å². The lowest BCUT2D eigenvalue weighted by Crippen LogP contribution is -2.42. The number of guanidine groups is 1. The van der Waals surface area contributed by atoms with Gasteiger partial charge in [-0.05, 0) is 42.3 Å². The third-order valence-corrected chi connectivity index (χ3v) is 4.05. The number of anilines is 1. The summed E-state index contributed by atoms with van der Waals surface area (Å²) in [6.45, 7) is 1.90. The number of nitrogens with two attached hydrogens (primary N) is 1. The summed E-state index contributed by atoms with van der Waals surface area (Å²) in [7, 11) is 1.60. The number of aryl methyl sites for hydroxylation is 1. The van der Waals surface area contributed by atoms with Crippen LogP contribution in [0.15, 0.2) is 47.6 Å². The van der Waals surface area contributed by atoms with E-state index in [9.17, 15) is 9.59 Å². The van der Waals surface area contributed by atoms with Gasteiger partial charge in [-0.15, -0.1) is 0 Å². The molecular formula is C18H19N5O2. The Morgan fingerprint density at radius 2 is 2.12 bits per heavy atom. The highest BCUT2D eigenvalue weighted by Gasteiger charge is 2.25. The molecule has 1 aliphatic rings. The number of carbonyl (C=O) groups is 2. The van der Waals surface area contributed by atoms with Gasteiger partial charge in [0.05, 0.1) is 12.5 Å². The van der Waals surface area contributed by atoms with Crippen LogP contribution in [0.2, 0.25) is 0 Å². The molecule has 128 valence electrons. The first-order valence-electron chi connectivity index (χ1n) is 7.88. The number of pyridine rings is 1. The van der Waals surface area contributed by atoms with E-state index in [1.165, 1.54) is 4.90 Å². The van der Waals surface area contributed by atoms with Gasteiger partial charge in [0.2, 0.25) is 5.91 Å². The zero-order valence-corrected chi connectivity index (χ0v) is 14.1. The summed E-state index contributed by atoms with van der Waals surface area (Å²) in [6.07, 6.45) is 1.84. The molecule has 0 fully saturated rings. The van der Waals surface area contributed by atoms with Gasteiger partial charge in [-0.1, -0.05) is 12.1 Å².